The molecule has 0 aromatic carbocycles. The van der Waals surface area contributed by atoms with E-state index >= 15 is 0 Å². The Kier molecular flexibility index (Phi) is 2.86. The van der Waals surface area contributed by atoms with Gasteiger partial charge < -0.3 is 4.74 Å². The van der Waals surface area contributed by atoms with Gasteiger partial charge in [0.15, 0.2) is 0 Å². The second kappa shape index (κ2) is 4.61. The number of hydrogen-bond donors (Lipinski definition) is 0. The van der Waals surface area contributed by atoms with E-state index in [9.17, 15) is 4.79 Å². The number of esters is 1. The minimum absolute atomic E-state index is 0.104. The van der Waals surface area contributed by atoms with Crippen LogP contribution in [0.25, 0.3) is 0 Å². The molecule has 0 aromatic rings. The van der Waals surface area contributed by atoms with Crippen LogP contribution in [0, 0.1) is 41.4 Å². The lowest BCUT2D eigenvalue weighted by atomic mass is 9.69. The summed E-state index contributed by atoms with van der Waals surface area (Å²) >= 11 is 0. The number of allylic oxidation sites excluding steroid dienone is 2. The number of ether oxygens (including phenoxy) is 1. The predicted molar refractivity (Wildman–Crippen MR) is 85.0 cm³/mol. The second-order valence-electron chi connectivity index (χ2n) is 8.77. The molecule has 7 unspecified atom stereocenters. The fourth-order valence-corrected chi connectivity index (χ4v) is 7.12. The van der Waals surface area contributed by atoms with Crippen molar-refractivity contribution in [2.75, 3.05) is 0 Å². The lowest BCUT2D eigenvalue weighted by molar-refractivity contribution is -0.168. The van der Waals surface area contributed by atoms with E-state index in [4.69, 9.17) is 4.74 Å². The average Bonchev–Trinajstić information content (AvgIpc) is 3.30. The quantitative estimate of drug-likeness (QED) is 0.440. The lowest BCUT2D eigenvalue weighted by Gasteiger charge is -2.37. The van der Waals surface area contributed by atoms with Crippen molar-refractivity contribution >= 4 is 5.97 Å². The summed E-state index contributed by atoms with van der Waals surface area (Å²) in [6, 6.07) is 0. The first-order valence-electron chi connectivity index (χ1n) is 9.62. The van der Waals surface area contributed by atoms with Crippen molar-refractivity contribution in [2.24, 2.45) is 41.4 Å². The van der Waals surface area contributed by atoms with Gasteiger partial charge in [-0.2, -0.15) is 0 Å². The molecule has 7 atom stereocenters. The first kappa shape index (κ1) is 13.6. The lowest BCUT2D eigenvalue weighted by Crippen LogP contribution is -2.39. The fraction of sp³-hybridized carbons (Fsp3) is 0.850. The Balaban J connectivity index is 1.33. The van der Waals surface area contributed by atoms with Crippen molar-refractivity contribution < 1.29 is 9.53 Å². The van der Waals surface area contributed by atoms with Crippen molar-refractivity contribution in [3.8, 4) is 0 Å². The van der Waals surface area contributed by atoms with Crippen LogP contribution in [0.2, 0.25) is 0 Å². The summed E-state index contributed by atoms with van der Waals surface area (Å²) in [5, 5.41) is 0. The maximum atomic E-state index is 12.9. The van der Waals surface area contributed by atoms with E-state index < -0.39 is 0 Å². The largest absolute Gasteiger partial charge is 0.459 e. The minimum Gasteiger partial charge on any atom is -0.459 e. The van der Waals surface area contributed by atoms with Gasteiger partial charge in [0.25, 0.3) is 0 Å². The minimum atomic E-state index is -0.104. The van der Waals surface area contributed by atoms with Crippen molar-refractivity contribution in [3.05, 3.63) is 12.2 Å². The van der Waals surface area contributed by atoms with Crippen LogP contribution in [0.15, 0.2) is 12.2 Å². The zero-order valence-electron chi connectivity index (χ0n) is 13.7. The predicted octanol–water partition coefficient (Wildman–Crippen LogP) is 4.35. The van der Waals surface area contributed by atoms with Gasteiger partial charge >= 0.3 is 5.97 Å². The standard InChI is InChI=1S/C20H28O2/c1-2-20(7-3-4-8-20)22-19(21)16-11-14-10-15(16)18-13-6-5-12(9-13)17(14)18/h5-6,12-18H,2-4,7-11H2,1H3. The number of fused-ring (bicyclic) bond motifs is 9. The maximum Gasteiger partial charge on any atom is 0.309 e. The van der Waals surface area contributed by atoms with E-state index in [0.717, 1.165) is 55.3 Å². The van der Waals surface area contributed by atoms with Crippen molar-refractivity contribution in [2.45, 2.75) is 63.9 Å². The third-order valence-corrected chi connectivity index (χ3v) is 8.05. The zero-order chi connectivity index (χ0) is 14.9. The SMILES string of the molecule is CCC1(OC(=O)C2CC3CC2C2C4C=CC(C4)C32)CCCC1. The molecule has 2 nitrogen and oxygen atoms in total. The van der Waals surface area contributed by atoms with Gasteiger partial charge in [-0.25, -0.2) is 0 Å². The third-order valence-electron chi connectivity index (χ3n) is 8.05. The summed E-state index contributed by atoms with van der Waals surface area (Å²) in [4.78, 5) is 12.9. The Labute approximate surface area is 133 Å². The summed E-state index contributed by atoms with van der Waals surface area (Å²) in [6.45, 7) is 2.19. The van der Waals surface area contributed by atoms with E-state index in [1.54, 1.807) is 0 Å². The van der Waals surface area contributed by atoms with Gasteiger partial charge in [-0.15, -0.1) is 0 Å². The summed E-state index contributed by atoms with van der Waals surface area (Å²) < 4.78 is 6.16. The van der Waals surface area contributed by atoms with Crippen molar-refractivity contribution in [3.63, 3.8) is 0 Å². The summed E-state index contributed by atoms with van der Waals surface area (Å²) in [5.74, 6) is 5.20. The van der Waals surface area contributed by atoms with Crippen LogP contribution in [-0.2, 0) is 9.53 Å². The number of carbonyl (C=O) groups is 1. The molecule has 0 radical (unpaired) electrons. The van der Waals surface area contributed by atoms with Crippen LogP contribution in [0.3, 0.4) is 0 Å². The molecule has 0 heterocycles. The Morgan fingerprint density at radius 1 is 1.09 bits per heavy atom. The fourth-order valence-electron chi connectivity index (χ4n) is 7.12. The highest BCUT2D eigenvalue weighted by atomic mass is 16.6. The summed E-state index contributed by atoms with van der Waals surface area (Å²) in [5.41, 5.74) is -0.104. The molecule has 22 heavy (non-hydrogen) atoms. The number of rotatable bonds is 3. The van der Waals surface area contributed by atoms with Gasteiger partial charge in [-0.3, -0.25) is 4.79 Å². The van der Waals surface area contributed by atoms with Crippen LogP contribution < -0.4 is 0 Å². The molecule has 0 spiro atoms. The van der Waals surface area contributed by atoms with Crippen molar-refractivity contribution in [1.29, 1.82) is 0 Å². The molecule has 120 valence electrons. The van der Waals surface area contributed by atoms with E-state index in [2.05, 4.69) is 19.1 Å². The van der Waals surface area contributed by atoms with Gasteiger partial charge in [-0.05, 0) is 86.9 Å². The molecule has 4 fully saturated rings. The highest BCUT2D eigenvalue weighted by molar-refractivity contribution is 5.74. The normalized spacial score (nSPS) is 49.8. The van der Waals surface area contributed by atoms with Crippen LogP contribution in [-0.4, -0.2) is 11.6 Å². The first-order valence-corrected chi connectivity index (χ1v) is 9.62. The van der Waals surface area contributed by atoms with E-state index in [-0.39, 0.29) is 17.5 Å². The monoisotopic (exact) mass is 300 g/mol. The van der Waals surface area contributed by atoms with Crippen molar-refractivity contribution in [1.82, 2.24) is 0 Å². The highest BCUT2D eigenvalue weighted by Gasteiger charge is 2.62. The van der Waals surface area contributed by atoms with Crippen LogP contribution >= 0.6 is 0 Å². The molecule has 5 aliphatic carbocycles. The number of carbonyl (C=O) groups excluding carboxylic acids is 1. The van der Waals surface area contributed by atoms with Crippen LogP contribution in [0.1, 0.15) is 58.3 Å². The molecule has 0 saturated heterocycles. The molecule has 4 saturated carbocycles. The zero-order valence-corrected chi connectivity index (χ0v) is 13.7. The van der Waals surface area contributed by atoms with Gasteiger partial charge in [0.1, 0.15) is 5.60 Å². The van der Waals surface area contributed by atoms with Crippen LogP contribution in [0.4, 0.5) is 0 Å². The molecular weight excluding hydrogens is 272 g/mol. The Hall–Kier alpha value is -0.790. The molecule has 4 bridgehead atoms. The molecule has 0 N–H and O–H groups in total. The van der Waals surface area contributed by atoms with E-state index in [1.807, 2.05) is 0 Å². The van der Waals surface area contributed by atoms with Gasteiger partial charge in [0, 0.05) is 0 Å². The average molecular weight is 300 g/mol. The Morgan fingerprint density at radius 3 is 2.55 bits per heavy atom. The second-order valence-corrected chi connectivity index (χ2v) is 8.77. The molecule has 0 aliphatic heterocycles. The third kappa shape index (κ3) is 1.70. The molecular formula is C20H28O2. The molecule has 2 heteroatoms. The Bertz CT molecular complexity index is 516. The topological polar surface area (TPSA) is 26.3 Å². The van der Waals surface area contributed by atoms with E-state index in [0.29, 0.717) is 5.92 Å². The van der Waals surface area contributed by atoms with Gasteiger partial charge in [0.2, 0.25) is 0 Å². The Morgan fingerprint density at radius 2 is 1.82 bits per heavy atom. The molecule has 5 rings (SSSR count). The van der Waals surface area contributed by atoms with E-state index in [1.165, 1.54) is 25.7 Å². The van der Waals surface area contributed by atoms with Gasteiger partial charge in [0.05, 0.1) is 5.92 Å². The smallest absolute Gasteiger partial charge is 0.309 e. The molecule has 0 aromatic heterocycles. The molecule has 5 aliphatic rings. The molecule has 0 amide bonds. The van der Waals surface area contributed by atoms with Gasteiger partial charge in [-0.1, -0.05) is 19.1 Å². The van der Waals surface area contributed by atoms with Crippen LogP contribution in [0.5, 0.6) is 0 Å². The number of hydrogen-bond acceptors (Lipinski definition) is 2. The highest BCUT2D eigenvalue weighted by Crippen LogP contribution is 2.67. The first-order chi connectivity index (χ1) is 10.7. The summed E-state index contributed by atoms with van der Waals surface area (Å²) in [6.07, 6.45) is 14.4. The summed E-state index contributed by atoms with van der Waals surface area (Å²) in [7, 11) is 0. The maximum absolute atomic E-state index is 12.9.